The number of nitrogens with one attached hydrogen (secondary N) is 1. The second-order valence-electron chi connectivity index (χ2n) is 6.85. The molecule has 4 heterocycles. The molecule has 0 unspecified atom stereocenters. The van der Waals surface area contributed by atoms with Gasteiger partial charge in [-0.15, -0.1) is 22.7 Å². The third-order valence-corrected chi connectivity index (χ3v) is 7.15. The number of aromatic amines is 1. The van der Waals surface area contributed by atoms with E-state index in [9.17, 15) is 4.79 Å². The van der Waals surface area contributed by atoms with Crippen LogP contribution in [0.25, 0.3) is 20.7 Å². The number of H-pyrrole nitrogens is 1. The molecule has 1 aliphatic heterocycles. The first-order chi connectivity index (χ1) is 13.3. The third-order valence-electron chi connectivity index (χ3n) is 5.10. The maximum absolute atomic E-state index is 12.6. The van der Waals surface area contributed by atoms with Crippen LogP contribution in [0.4, 0.5) is 0 Å². The second kappa shape index (κ2) is 7.03. The van der Waals surface area contributed by atoms with E-state index >= 15 is 0 Å². The quantitative estimate of drug-likeness (QED) is 0.528. The summed E-state index contributed by atoms with van der Waals surface area (Å²) in [7, 11) is 0. The molecule has 27 heavy (non-hydrogen) atoms. The minimum Gasteiger partial charge on any atom is -0.309 e. The zero-order chi connectivity index (χ0) is 18.2. The molecule has 4 aromatic rings. The number of benzene rings is 1. The van der Waals surface area contributed by atoms with Crippen LogP contribution in [0.3, 0.4) is 0 Å². The predicted octanol–water partition coefficient (Wildman–Crippen LogP) is 5.05. The molecular weight excluding hydrogens is 374 g/mol. The maximum Gasteiger partial charge on any atom is 0.259 e. The summed E-state index contributed by atoms with van der Waals surface area (Å²) in [6, 6.07) is 16.9. The van der Waals surface area contributed by atoms with Crippen molar-refractivity contribution in [1.29, 1.82) is 0 Å². The SMILES string of the molecule is O=c1[nH]c(CN2CCC[C@H]2c2cccs2)nc2sc(-c3ccccc3)cc12. The molecule has 1 saturated heterocycles. The van der Waals surface area contributed by atoms with Crippen LogP contribution in [0.5, 0.6) is 0 Å². The maximum atomic E-state index is 12.6. The highest BCUT2D eigenvalue weighted by molar-refractivity contribution is 7.21. The van der Waals surface area contributed by atoms with E-state index < -0.39 is 0 Å². The van der Waals surface area contributed by atoms with Gasteiger partial charge in [-0.1, -0.05) is 36.4 Å². The molecule has 0 aliphatic carbocycles. The smallest absolute Gasteiger partial charge is 0.259 e. The van der Waals surface area contributed by atoms with E-state index in [0.717, 1.165) is 27.6 Å². The molecule has 4 nitrogen and oxygen atoms in total. The number of thiophene rings is 2. The van der Waals surface area contributed by atoms with Crippen LogP contribution < -0.4 is 5.56 Å². The Balaban J connectivity index is 1.47. The van der Waals surface area contributed by atoms with E-state index in [1.807, 2.05) is 35.6 Å². The molecule has 0 amide bonds. The summed E-state index contributed by atoms with van der Waals surface area (Å²) < 4.78 is 0. The lowest BCUT2D eigenvalue weighted by Crippen LogP contribution is -2.25. The molecule has 1 aliphatic rings. The minimum atomic E-state index is -0.0414. The van der Waals surface area contributed by atoms with Crippen LogP contribution in [-0.2, 0) is 6.54 Å². The van der Waals surface area contributed by atoms with E-state index in [1.165, 1.54) is 17.7 Å². The van der Waals surface area contributed by atoms with E-state index in [0.29, 0.717) is 18.0 Å². The van der Waals surface area contributed by atoms with Crippen LogP contribution in [-0.4, -0.2) is 21.4 Å². The van der Waals surface area contributed by atoms with Gasteiger partial charge in [0, 0.05) is 15.8 Å². The first kappa shape index (κ1) is 16.9. The van der Waals surface area contributed by atoms with Gasteiger partial charge in [-0.25, -0.2) is 4.98 Å². The van der Waals surface area contributed by atoms with E-state index in [4.69, 9.17) is 4.98 Å². The summed E-state index contributed by atoms with van der Waals surface area (Å²) in [5.74, 6) is 0.761. The van der Waals surface area contributed by atoms with Crippen molar-refractivity contribution in [2.75, 3.05) is 6.54 Å². The summed E-state index contributed by atoms with van der Waals surface area (Å²) >= 11 is 3.40. The zero-order valence-corrected chi connectivity index (χ0v) is 16.4. The highest BCUT2D eigenvalue weighted by atomic mass is 32.1. The Kier molecular flexibility index (Phi) is 4.39. The monoisotopic (exact) mass is 393 g/mol. The van der Waals surface area contributed by atoms with Crippen molar-refractivity contribution < 1.29 is 0 Å². The van der Waals surface area contributed by atoms with Crippen molar-refractivity contribution in [2.24, 2.45) is 0 Å². The van der Waals surface area contributed by atoms with Crippen LogP contribution in [0, 0.1) is 0 Å². The van der Waals surface area contributed by atoms with Gasteiger partial charge >= 0.3 is 0 Å². The number of aromatic nitrogens is 2. The van der Waals surface area contributed by atoms with Gasteiger partial charge in [-0.05, 0) is 42.5 Å². The predicted molar refractivity (Wildman–Crippen MR) is 112 cm³/mol. The number of hydrogen-bond donors (Lipinski definition) is 1. The highest BCUT2D eigenvalue weighted by Crippen LogP contribution is 2.35. The van der Waals surface area contributed by atoms with Gasteiger partial charge in [-0.3, -0.25) is 9.69 Å². The Morgan fingerprint density at radius 1 is 1.19 bits per heavy atom. The fourth-order valence-electron chi connectivity index (χ4n) is 3.81. The molecule has 5 rings (SSSR count). The molecular formula is C21H19N3OS2. The second-order valence-corrected chi connectivity index (χ2v) is 8.86. The molecule has 1 fully saturated rings. The Bertz CT molecular complexity index is 1120. The molecule has 0 bridgehead atoms. The fourth-order valence-corrected chi connectivity index (χ4v) is 5.76. The molecule has 1 atom stereocenters. The normalized spacial score (nSPS) is 17.7. The van der Waals surface area contributed by atoms with Crippen molar-refractivity contribution >= 4 is 32.9 Å². The molecule has 136 valence electrons. The first-order valence-electron chi connectivity index (χ1n) is 9.13. The van der Waals surface area contributed by atoms with E-state index in [2.05, 4.69) is 39.5 Å². The minimum absolute atomic E-state index is 0.0414. The molecule has 1 N–H and O–H groups in total. The number of hydrogen-bond acceptors (Lipinski definition) is 5. The largest absolute Gasteiger partial charge is 0.309 e. The van der Waals surface area contributed by atoms with Crippen molar-refractivity contribution in [2.45, 2.75) is 25.4 Å². The van der Waals surface area contributed by atoms with Gasteiger partial charge in [0.05, 0.1) is 11.9 Å². The average Bonchev–Trinajstić information content (AvgIpc) is 3.42. The topological polar surface area (TPSA) is 49.0 Å². The van der Waals surface area contributed by atoms with Gasteiger partial charge < -0.3 is 4.98 Å². The summed E-state index contributed by atoms with van der Waals surface area (Å²) in [5.41, 5.74) is 1.08. The van der Waals surface area contributed by atoms with Crippen LogP contribution >= 0.6 is 22.7 Å². The zero-order valence-electron chi connectivity index (χ0n) is 14.7. The van der Waals surface area contributed by atoms with E-state index in [1.54, 1.807) is 11.3 Å². The first-order valence-corrected chi connectivity index (χ1v) is 10.8. The number of likely N-dealkylation sites (tertiary alicyclic amines) is 1. The van der Waals surface area contributed by atoms with Crippen LogP contribution in [0.15, 0.2) is 58.7 Å². The van der Waals surface area contributed by atoms with Gasteiger partial charge in [0.25, 0.3) is 5.56 Å². The van der Waals surface area contributed by atoms with Crippen LogP contribution in [0.2, 0.25) is 0 Å². The Labute approximate surface area is 165 Å². The standard InChI is InChI=1S/C21H19N3OS2/c25-20-15-12-18(14-6-2-1-3-7-14)27-21(15)23-19(22-20)13-24-10-4-8-16(24)17-9-5-11-26-17/h1-3,5-7,9,11-12,16H,4,8,10,13H2,(H,22,23,25)/t16-/m0/s1. The third kappa shape index (κ3) is 3.25. The molecule has 1 aromatic carbocycles. The number of fused-ring (bicyclic) bond motifs is 1. The highest BCUT2D eigenvalue weighted by Gasteiger charge is 2.27. The molecule has 0 radical (unpaired) electrons. The molecule has 0 spiro atoms. The Morgan fingerprint density at radius 2 is 2.07 bits per heavy atom. The lowest BCUT2D eigenvalue weighted by Gasteiger charge is -2.22. The lowest BCUT2D eigenvalue weighted by molar-refractivity contribution is 0.245. The van der Waals surface area contributed by atoms with Crippen LogP contribution in [0.1, 0.15) is 29.6 Å². The fraction of sp³-hybridized carbons (Fsp3) is 0.238. The lowest BCUT2D eigenvalue weighted by atomic mass is 10.2. The number of nitrogens with zero attached hydrogens (tertiary/aromatic N) is 2. The van der Waals surface area contributed by atoms with Crippen molar-refractivity contribution in [3.05, 3.63) is 75.0 Å². The van der Waals surface area contributed by atoms with Crippen molar-refractivity contribution in [3.8, 4) is 10.4 Å². The van der Waals surface area contributed by atoms with E-state index in [-0.39, 0.29) is 5.56 Å². The van der Waals surface area contributed by atoms with Crippen molar-refractivity contribution in [1.82, 2.24) is 14.9 Å². The summed E-state index contributed by atoms with van der Waals surface area (Å²) in [6.45, 7) is 1.73. The molecule has 3 aromatic heterocycles. The number of rotatable bonds is 4. The Morgan fingerprint density at radius 3 is 2.89 bits per heavy atom. The summed E-state index contributed by atoms with van der Waals surface area (Å²) in [5, 5.41) is 2.81. The van der Waals surface area contributed by atoms with Gasteiger partial charge in [0.1, 0.15) is 10.7 Å². The molecule has 6 heteroatoms. The van der Waals surface area contributed by atoms with Gasteiger partial charge in [-0.2, -0.15) is 0 Å². The average molecular weight is 394 g/mol. The summed E-state index contributed by atoms with van der Waals surface area (Å²) in [6.07, 6.45) is 2.36. The van der Waals surface area contributed by atoms with Gasteiger partial charge in [0.15, 0.2) is 0 Å². The van der Waals surface area contributed by atoms with Crippen molar-refractivity contribution in [3.63, 3.8) is 0 Å². The van der Waals surface area contributed by atoms with Gasteiger partial charge in [0.2, 0.25) is 0 Å². The molecule has 0 saturated carbocycles. The Hall–Kier alpha value is -2.28. The summed E-state index contributed by atoms with van der Waals surface area (Å²) in [4.78, 5) is 26.2.